The fraction of sp³-hybridized carbons (Fsp3) is 0.562. The molecule has 102 valence electrons. The Morgan fingerprint density at radius 3 is 2.63 bits per heavy atom. The molecular formula is C16H22N2O. The maximum absolute atomic E-state index is 9.89. The third-order valence-electron chi connectivity index (χ3n) is 4.12. The van der Waals surface area contributed by atoms with Gasteiger partial charge in [0.2, 0.25) is 0 Å². The van der Waals surface area contributed by atoms with E-state index in [1.165, 1.54) is 6.42 Å². The summed E-state index contributed by atoms with van der Waals surface area (Å²) in [5, 5.41) is 18.9. The number of aliphatic hydroxyl groups excluding tert-OH is 1. The summed E-state index contributed by atoms with van der Waals surface area (Å²) in [6.45, 7) is 8.33. The van der Waals surface area contributed by atoms with Gasteiger partial charge in [-0.3, -0.25) is 0 Å². The standard InChI is InChI=1S/C16H22N2O/c1-11(2)14-6-7-18(10-14)16-8-13(9-17)4-5-15(16)12(3)19/h4-5,8,11-12,14,19H,6-7,10H2,1-3H3. The number of rotatable bonds is 3. The third kappa shape index (κ3) is 2.90. The minimum absolute atomic E-state index is 0.499. The van der Waals surface area contributed by atoms with E-state index in [1.54, 1.807) is 13.0 Å². The molecule has 0 bridgehead atoms. The van der Waals surface area contributed by atoms with Crippen molar-refractivity contribution in [2.75, 3.05) is 18.0 Å². The highest BCUT2D eigenvalue weighted by molar-refractivity contribution is 5.59. The molecule has 19 heavy (non-hydrogen) atoms. The van der Waals surface area contributed by atoms with Gasteiger partial charge in [-0.05, 0) is 37.3 Å². The summed E-state index contributed by atoms with van der Waals surface area (Å²) in [4.78, 5) is 2.31. The molecule has 2 atom stereocenters. The van der Waals surface area contributed by atoms with Crippen molar-refractivity contribution >= 4 is 5.69 Å². The lowest BCUT2D eigenvalue weighted by molar-refractivity contribution is 0.199. The Morgan fingerprint density at radius 1 is 1.37 bits per heavy atom. The van der Waals surface area contributed by atoms with E-state index in [2.05, 4.69) is 24.8 Å². The van der Waals surface area contributed by atoms with Gasteiger partial charge in [-0.1, -0.05) is 19.9 Å². The third-order valence-corrected chi connectivity index (χ3v) is 4.12. The van der Waals surface area contributed by atoms with Crippen LogP contribution in [0.2, 0.25) is 0 Å². The van der Waals surface area contributed by atoms with E-state index in [9.17, 15) is 5.11 Å². The summed E-state index contributed by atoms with van der Waals surface area (Å²) < 4.78 is 0. The molecular weight excluding hydrogens is 236 g/mol. The van der Waals surface area contributed by atoms with Crippen LogP contribution in [-0.4, -0.2) is 18.2 Å². The van der Waals surface area contributed by atoms with Gasteiger partial charge in [-0.15, -0.1) is 0 Å². The first-order chi connectivity index (χ1) is 9.02. The Kier molecular flexibility index (Phi) is 4.11. The molecule has 1 aliphatic heterocycles. The molecule has 3 heteroatoms. The molecule has 0 aliphatic carbocycles. The smallest absolute Gasteiger partial charge is 0.0992 e. The van der Waals surface area contributed by atoms with E-state index >= 15 is 0 Å². The number of benzene rings is 1. The molecule has 0 radical (unpaired) electrons. The lowest BCUT2D eigenvalue weighted by Crippen LogP contribution is -2.23. The predicted molar refractivity (Wildman–Crippen MR) is 76.9 cm³/mol. The van der Waals surface area contributed by atoms with Gasteiger partial charge in [0.1, 0.15) is 0 Å². The fourth-order valence-corrected chi connectivity index (χ4v) is 2.79. The average molecular weight is 258 g/mol. The predicted octanol–water partition coefficient (Wildman–Crippen LogP) is 3.09. The maximum Gasteiger partial charge on any atom is 0.0992 e. The number of aliphatic hydroxyl groups is 1. The van der Waals surface area contributed by atoms with Gasteiger partial charge in [-0.25, -0.2) is 0 Å². The topological polar surface area (TPSA) is 47.3 Å². The number of nitriles is 1. The van der Waals surface area contributed by atoms with Gasteiger partial charge in [-0.2, -0.15) is 5.26 Å². The second-order valence-electron chi connectivity index (χ2n) is 5.80. The Bertz CT molecular complexity index is 488. The Balaban J connectivity index is 2.31. The van der Waals surface area contributed by atoms with E-state index in [1.807, 2.05) is 12.1 Å². The average Bonchev–Trinajstić information content (AvgIpc) is 2.87. The fourth-order valence-electron chi connectivity index (χ4n) is 2.79. The molecule has 0 amide bonds. The van der Waals surface area contributed by atoms with Crippen LogP contribution in [0.5, 0.6) is 0 Å². The number of hydrogen-bond acceptors (Lipinski definition) is 3. The molecule has 1 aliphatic rings. The first-order valence-corrected chi connectivity index (χ1v) is 7.00. The van der Waals surface area contributed by atoms with Gasteiger partial charge in [0.15, 0.2) is 0 Å². The minimum atomic E-state index is -0.499. The molecule has 1 heterocycles. The zero-order chi connectivity index (χ0) is 14.0. The minimum Gasteiger partial charge on any atom is -0.389 e. The highest BCUT2D eigenvalue weighted by atomic mass is 16.3. The van der Waals surface area contributed by atoms with Crippen molar-refractivity contribution in [3.63, 3.8) is 0 Å². The van der Waals surface area contributed by atoms with Crippen LogP contribution in [-0.2, 0) is 0 Å². The Morgan fingerprint density at radius 2 is 2.11 bits per heavy atom. The largest absolute Gasteiger partial charge is 0.389 e. The van der Waals surface area contributed by atoms with E-state index in [0.717, 1.165) is 24.3 Å². The van der Waals surface area contributed by atoms with Gasteiger partial charge in [0.05, 0.1) is 17.7 Å². The highest BCUT2D eigenvalue weighted by Gasteiger charge is 2.27. The molecule has 0 spiro atoms. The van der Waals surface area contributed by atoms with E-state index < -0.39 is 6.10 Å². The van der Waals surface area contributed by atoms with Crippen molar-refractivity contribution < 1.29 is 5.11 Å². The summed E-state index contributed by atoms with van der Waals surface area (Å²) >= 11 is 0. The molecule has 3 nitrogen and oxygen atoms in total. The van der Waals surface area contributed by atoms with Crippen LogP contribution in [0.1, 0.15) is 44.4 Å². The van der Waals surface area contributed by atoms with E-state index in [-0.39, 0.29) is 0 Å². The van der Waals surface area contributed by atoms with E-state index in [0.29, 0.717) is 17.4 Å². The second kappa shape index (κ2) is 5.63. The monoisotopic (exact) mass is 258 g/mol. The zero-order valence-corrected chi connectivity index (χ0v) is 11.9. The van der Waals surface area contributed by atoms with Crippen molar-refractivity contribution in [2.45, 2.75) is 33.3 Å². The van der Waals surface area contributed by atoms with Gasteiger partial charge < -0.3 is 10.0 Å². The Labute approximate surface area is 115 Å². The van der Waals surface area contributed by atoms with Crippen LogP contribution in [0, 0.1) is 23.2 Å². The van der Waals surface area contributed by atoms with Crippen molar-refractivity contribution in [3.8, 4) is 6.07 Å². The molecule has 1 aromatic rings. The van der Waals surface area contributed by atoms with Crippen molar-refractivity contribution in [1.82, 2.24) is 0 Å². The highest BCUT2D eigenvalue weighted by Crippen LogP contribution is 2.33. The Hall–Kier alpha value is -1.53. The second-order valence-corrected chi connectivity index (χ2v) is 5.80. The molecule has 0 aromatic heterocycles. The summed E-state index contributed by atoms with van der Waals surface area (Å²) in [7, 11) is 0. The SMILES string of the molecule is CC(O)c1ccc(C#N)cc1N1CCC(C(C)C)C1. The summed E-state index contributed by atoms with van der Waals surface area (Å²) in [6, 6.07) is 7.75. The van der Waals surface area contributed by atoms with Gasteiger partial charge >= 0.3 is 0 Å². The first-order valence-electron chi connectivity index (χ1n) is 7.00. The number of anilines is 1. The van der Waals surface area contributed by atoms with Crippen molar-refractivity contribution in [3.05, 3.63) is 29.3 Å². The molecule has 0 saturated carbocycles. The number of nitrogens with zero attached hydrogens (tertiary/aromatic N) is 2. The quantitative estimate of drug-likeness (QED) is 0.906. The first kappa shape index (κ1) is 13.9. The van der Waals surface area contributed by atoms with Gasteiger partial charge in [0.25, 0.3) is 0 Å². The van der Waals surface area contributed by atoms with Crippen molar-refractivity contribution in [2.24, 2.45) is 11.8 Å². The molecule has 2 rings (SSSR count). The van der Waals surface area contributed by atoms with Crippen LogP contribution in [0.3, 0.4) is 0 Å². The molecule has 1 fully saturated rings. The molecule has 1 saturated heterocycles. The maximum atomic E-state index is 9.89. The van der Waals surface area contributed by atoms with Crippen molar-refractivity contribution in [1.29, 1.82) is 5.26 Å². The van der Waals surface area contributed by atoms with E-state index in [4.69, 9.17) is 5.26 Å². The zero-order valence-electron chi connectivity index (χ0n) is 11.9. The summed E-state index contributed by atoms with van der Waals surface area (Å²) in [5.41, 5.74) is 2.60. The van der Waals surface area contributed by atoms with Crippen LogP contribution in [0.25, 0.3) is 0 Å². The van der Waals surface area contributed by atoms with Crippen LogP contribution < -0.4 is 4.90 Å². The summed E-state index contributed by atoms with van der Waals surface area (Å²) in [6.07, 6.45) is 0.689. The van der Waals surface area contributed by atoms with Crippen LogP contribution in [0.4, 0.5) is 5.69 Å². The number of hydrogen-bond donors (Lipinski definition) is 1. The van der Waals surface area contributed by atoms with Crippen LogP contribution >= 0.6 is 0 Å². The summed E-state index contributed by atoms with van der Waals surface area (Å²) in [5.74, 6) is 1.38. The normalized spacial score (nSPS) is 20.6. The molecule has 2 unspecified atom stereocenters. The molecule has 1 N–H and O–H groups in total. The lowest BCUT2D eigenvalue weighted by atomic mass is 9.95. The lowest BCUT2D eigenvalue weighted by Gasteiger charge is -2.24. The van der Waals surface area contributed by atoms with Crippen LogP contribution in [0.15, 0.2) is 18.2 Å². The van der Waals surface area contributed by atoms with Gasteiger partial charge in [0, 0.05) is 24.3 Å². The molecule has 1 aromatic carbocycles.